The lowest BCUT2D eigenvalue weighted by molar-refractivity contribution is -0.151. The fourth-order valence-corrected chi connectivity index (χ4v) is 4.99. The summed E-state index contributed by atoms with van der Waals surface area (Å²) in [5.41, 5.74) is 0.339. The van der Waals surface area contributed by atoms with Gasteiger partial charge in [-0.3, -0.25) is 14.7 Å². The number of carboxylic acids is 1. The van der Waals surface area contributed by atoms with Gasteiger partial charge in [-0.15, -0.1) is 11.3 Å². The standard InChI is InChI=1S/C22H20ClF3N4O4S/c1-34-21(33)16-14(9-30-10-22(25,26)5-4-15(30)20(31)32)28-18(19-27-6-7-35-19)29-17(16)12-3-2-11(24)8-13(12)23/h2-3,6-8,15,17H,4-5,9-10H2,1H3,(H,28,29)(H,31,32)/t15?,17-/m0/s1. The first-order valence-electron chi connectivity index (χ1n) is 10.5. The molecule has 0 aliphatic carbocycles. The Morgan fingerprint density at radius 1 is 1.40 bits per heavy atom. The van der Waals surface area contributed by atoms with Crippen LogP contribution in [0, 0.1) is 5.82 Å². The number of piperidine rings is 1. The van der Waals surface area contributed by atoms with E-state index in [4.69, 9.17) is 16.3 Å². The fraction of sp³-hybridized carbons (Fsp3) is 0.364. The quantitative estimate of drug-likeness (QED) is 0.552. The number of aromatic nitrogens is 1. The van der Waals surface area contributed by atoms with Crippen LogP contribution in [-0.2, 0) is 14.3 Å². The van der Waals surface area contributed by atoms with Crippen LogP contribution < -0.4 is 5.32 Å². The van der Waals surface area contributed by atoms with Crippen LogP contribution >= 0.6 is 22.9 Å². The topological polar surface area (TPSA) is 104 Å². The van der Waals surface area contributed by atoms with Crippen LogP contribution in [0.2, 0.25) is 5.02 Å². The van der Waals surface area contributed by atoms with Crippen molar-refractivity contribution in [3.05, 3.63) is 62.5 Å². The normalized spacial score (nSPS) is 22.4. The number of thiazole rings is 1. The van der Waals surface area contributed by atoms with Crippen LogP contribution in [0.3, 0.4) is 0 Å². The third-order valence-corrected chi connectivity index (χ3v) is 6.84. The molecule has 2 aromatic rings. The van der Waals surface area contributed by atoms with Gasteiger partial charge in [0.15, 0.2) is 10.8 Å². The lowest BCUT2D eigenvalue weighted by Gasteiger charge is -2.38. The molecule has 1 unspecified atom stereocenters. The number of nitrogens with zero attached hydrogens (tertiary/aromatic N) is 3. The minimum absolute atomic E-state index is 0.00666. The summed E-state index contributed by atoms with van der Waals surface area (Å²) in [6, 6.07) is 1.32. The average Bonchev–Trinajstić information content (AvgIpc) is 3.32. The lowest BCUT2D eigenvalue weighted by atomic mass is 9.94. The molecule has 4 rings (SSSR count). The van der Waals surface area contributed by atoms with Gasteiger partial charge in [0.1, 0.15) is 17.9 Å². The Hall–Kier alpha value is -2.96. The van der Waals surface area contributed by atoms with Crippen molar-refractivity contribution in [2.24, 2.45) is 4.99 Å². The minimum atomic E-state index is -3.10. The van der Waals surface area contributed by atoms with Gasteiger partial charge < -0.3 is 15.2 Å². The Morgan fingerprint density at radius 3 is 2.80 bits per heavy atom. The largest absolute Gasteiger partial charge is 0.480 e. The summed E-state index contributed by atoms with van der Waals surface area (Å²) in [6.07, 6.45) is 0.717. The molecule has 0 bridgehead atoms. The Balaban J connectivity index is 1.84. The molecule has 2 aliphatic heterocycles. The predicted octanol–water partition coefficient (Wildman–Crippen LogP) is 3.64. The van der Waals surface area contributed by atoms with E-state index in [9.17, 15) is 27.9 Å². The molecule has 1 fully saturated rings. The van der Waals surface area contributed by atoms with Gasteiger partial charge in [-0.25, -0.2) is 22.9 Å². The summed E-state index contributed by atoms with van der Waals surface area (Å²) in [5.74, 6) is -5.54. The van der Waals surface area contributed by atoms with Gasteiger partial charge in [0.25, 0.3) is 5.92 Å². The van der Waals surface area contributed by atoms with Crippen molar-refractivity contribution in [1.29, 1.82) is 0 Å². The smallest absolute Gasteiger partial charge is 0.338 e. The molecule has 0 amide bonds. The molecule has 0 radical (unpaired) electrons. The van der Waals surface area contributed by atoms with Crippen molar-refractivity contribution < 1.29 is 32.6 Å². The Bertz CT molecular complexity index is 1210. The second kappa shape index (κ2) is 9.96. The van der Waals surface area contributed by atoms with Crippen LogP contribution in [0.25, 0.3) is 0 Å². The number of amidine groups is 1. The Kier molecular flexibility index (Phi) is 7.15. The highest BCUT2D eigenvalue weighted by molar-refractivity contribution is 7.11. The van der Waals surface area contributed by atoms with Crippen LogP contribution in [0.15, 0.2) is 46.0 Å². The predicted molar refractivity (Wildman–Crippen MR) is 122 cm³/mol. The number of aliphatic imine (C=N–C) groups is 1. The van der Waals surface area contributed by atoms with Crippen LogP contribution in [-0.4, -0.2) is 64.9 Å². The molecule has 186 valence electrons. The Labute approximate surface area is 207 Å². The van der Waals surface area contributed by atoms with E-state index in [0.29, 0.717) is 5.01 Å². The van der Waals surface area contributed by atoms with Crippen LogP contribution in [0.5, 0.6) is 0 Å². The lowest BCUT2D eigenvalue weighted by Crippen LogP contribution is -2.54. The molecule has 0 spiro atoms. The van der Waals surface area contributed by atoms with Crippen LogP contribution in [0.1, 0.15) is 29.5 Å². The number of hydrogen-bond donors (Lipinski definition) is 2. The Morgan fingerprint density at radius 2 is 2.17 bits per heavy atom. The number of likely N-dealkylation sites (tertiary alicyclic amines) is 1. The van der Waals surface area contributed by atoms with E-state index in [1.165, 1.54) is 23.6 Å². The summed E-state index contributed by atoms with van der Waals surface area (Å²) in [6.45, 7) is -1.15. The molecule has 13 heteroatoms. The number of benzene rings is 1. The first-order chi connectivity index (χ1) is 16.6. The third-order valence-electron chi connectivity index (χ3n) is 5.73. The van der Waals surface area contributed by atoms with Gasteiger partial charge in [-0.05, 0) is 18.6 Å². The van der Waals surface area contributed by atoms with Crippen molar-refractivity contribution in [2.75, 3.05) is 20.2 Å². The highest BCUT2D eigenvalue weighted by Crippen LogP contribution is 2.38. The number of hydrogen-bond acceptors (Lipinski definition) is 8. The molecule has 2 aliphatic rings. The maximum absolute atomic E-state index is 14.3. The summed E-state index contributed by atoms with van der Waals surface area (Å²) in [4.78, 5) is 34.6. The minimum Gasteiger partial charge on any atom is -0.480 e. The van der Waals surface area contributed by atoms with E-state index in [2.05, 4.69) is 15.3 Å². The number of methoxy groups -OCH3 is 1. The highest BCUT2D eigenvalue weighted by atomic mass is 35.5. The number of aliphatic carboxylic acids is 1. The van der Waals surface area contributed by atoms with Gasteiger partial charge in [-0.1, -0.05) is 17.7 Å². The van der Waals surface area contributed by atoms with Crippen molar-refractivity contribution in [1.82, 2.24) is 15.2 Å². The summed E-state index contributed by atoms with van der Waals surface area (Å²) in [7, 11) is 1.14. The van der Waals surface area contributed by atoms with Crippen molar-refractivity contribution in [3.63, 3.8) is 0 Å². The highest BCUT2D eigenvalue weighted by Gasteiger charge is 2.44. The molecule has 2 atom stereocenters. The van der Waals surface area contributed by atoms with Gasteiger partial charge in [0, 0.05) is 40.8 Å². The van der Waals surface area contributed by atoms with Crippen LogP contribution in [0.4, 0.5) is 13.2 Å². The summed E-state index contributed by atoms with van der Waals surface area (Å²) in [5, 5.41) is 14.7. The van der Waals surface area contributed by atoms with E-state index in [1.54, 1.807) is 5.38 Å². The maximum Gasteiger partial charge on any atom is 0.338 e. The number of alkyl halides is 2. The van der Waals surface area contributed by atoms with Gasteiger partial charge >= 0.3 is 11.9 Å². The molecule has 1 aromatic heterocycles. The zero-order valence-corrected chi connectivity index (χ0v) is 19.9. The SMILES string of the molecule is COC(=O)C1=C(CN2CC(F)(F)CCC2C(=O)O)NC(c2nccs2)=N[C@H]1c1ccc(F)cc1Cl. The molecule has 1 saturated heterocycles. The molecule has 3 heterocycles. The number of halogens is 4. The van der Waals surface area contributed by atoms with E-state index in [1.807, 2.05) is 0 Å². The number of carboxylic acid groups (broad SMARTS) is 1. The molecular formula is C22H20ClF3N4O4S. The zero-order chi connectivity index (χ0) is 25.3. The summed E-state index contributed by atoms with van der Waals surface area (Å²) >= 11 is 7.52. The average molecular weight is 529 g/mol. The molecular weight excluding hydrogens is 509 g/mol. The van der Waals surface area contributed by atoms with Gasteiger partial charge in [-0.2, -0.15) is 0 Å². The molecule has 1 aromatic carbocycles. The van der Waals surface area contributed by atoms with E-state index < -0.39 is 48.7 Å². The van der Waals surface area contributed by atoms with Crippen molar-refractivity contribution >= 4 is 40.7 Å². The van der Waals surface area contributed by atoms with Crippen molar-refractivity contribution in [3.8, 4) is 0 Å². The first-order valence-corrected chi connectivity index (χ1v) is 11.7. The second-order valence-corrected chi connectivity index (χ2v) is 9.35. The number of nitrogens with one attached hydrogen (secondary N) is 1. The monoisotopic (exact) mass is 528 g/mol. The fourth-order valence-electron chi connectivity index (χ4n) is 4.13. The molecule has 0 saturated carbocycles. The molecule has 8 nitrogen and oxygen atoms in total. The molecule has 35 heavy (non-hydrogen) atoms. The number of carbonyl (C=O) groups is 2. The molecule has 2 N–H and O–H groups in total. The number of ether oxygens (including phenoxy) is 1. The van der Waals surface area contributed by atoms with Crippen molar-refractivity contribution in [2.45, 2.75) is 30.8 Å². The van der Waals surface area contributed by atoms with Gasteiger partial charge in [0.05, 0.1) is 19.2 Å². The third kappa shape index (κ3) is 5.34. The maximum atomic E-state index is 14.3. The number of carbonyl (C=O) groups excluding carboxylic acids is 1. The second-order valence-electron chi connectivity index (χ2n) is 8.05. The summed E-state index contributed by atoms with van der Waals surface area (Å²) < 4.78 is 47.2. The number of esters is 1. The van der Waals surface area contributed by atoms with Gasteiger partial charge in [0.2, 0.25) is 0 Å². The first kappa shape index (κ1) is 25.1. The zero-order valence-electron chi connectivity index (χ0n) is 18.3. The van der Waals surface area contributed by atoms with E-state index in [-0.39, 0.29) is 40.7 Å². The number of rotatable bonds is 6. The van der Waals surface area contributed by atoms with E-state index in [0.717, 1.165) is 24.1 Å². The van der Waals surface area contributed by atoms with E-state index >= 15 is 0 Å².